The van der Waals surface area contributed by atoms with E-state index in [4.69, 9.17) is 4.98 Å². The third-order valence-electron chi connectivity index (χ3n) is 6.89. The molecular formula is C33H40IrN3. The molecule has 0 aliphatic heterocycles. The number of rotatable bonds is 6. The van der Waals surface area contributed by atoms with Crippen LogP contribution in [-0.4, -0.2) is 23.7 Å². The van der Waals surface area contributed by atoms with E-state index in [0.717, 1.165) is 23.2 Å². The molecule has 0 atom stereocenters. The molecule has 0 radical (unpaired) electrons. The number of benzene rings is 3. The molecular weight excluding hydrogens is 631 g/mol. The molecule has 4 aromatic rings. The first kappa shape index (κ1) is 29.5. The van der Waals surface area contributed by atoms with Crippen LogP contribution in [-0.2, 0) is 31.9 Å². The van der Waals surface area contributed by atoms with E-state index in [-0.39, 0.29) is 25.5 Å². The number of nitrogens with zero attached hydrogens (tertiary/aromatic N) is 3. The Morgan fingerprint density at radius 3 is 2.19 bits per heavy atom. The van der Waals surface area contributed by atoms with Crippen LogP contribution in [0.15, 0.2) is 54.6 Å². The first-order chi connectivity index (χ1) is 17.1. The molecule has 0 fully saturated rings. The van der Waals surface area contributed by atoms with Gasteiger partial charge in [-0.2, -0.15) is 0 Å². The largest absolute Gasteiger partial charge is 3.00 e. The minimum Gasteiger partial charge on any atom is -0.678 e. The van der Waals surface area contributed by atoms with Crippen molar-refractivity contribution < 1.29 is 20.1 Å². The van der Waals surface area contributed by atoms with Crippen LogP contribution in [0.2, 0.25) is 0 Å². The van der Waals surface area contributed by atoms with Crippen LogP contribution < -0.4 is 0 Å². The molecule has 1 aromatic heterocycles. The summed E-state index contributed by atoms with van der Waals surface area (Å²) in [6.07, 6.45) is 1.08. The van der Waals surface area contributed by atoms with Crippen molar-refractivity contribution in [1.82, 2.24) is 4.98 Å². The van der Waals surface area contributed by atoms with Gasteiger partial charge in [0.15, 0.2) is 0 Å². The minimum absolute atomic E-state index is 0. The normalized spacial score (nSPS) is 13.5. The van der Waals surface area contributed by atoms with Gasteiger partial charge in [-0.3, -0.25) is 11.7 Å². The fourth-order valence-corrected chi connectivity index (χ4v) is 5.04. The van der Waals surface area contributed by atoms with Gasteiger partial charge in [0, 0.05) is 10.8 Å². The van der Waals surface area contributed by atoms with Crippen molar-refractivity contribution in [3.8, 4) is 11.3 Å². The summed E-state index contributed by atoms with van der Waals surface area (Å²) < 4.78 is 0. The second kappa shape index (κ2) is 12.2. The summed E-state index contributed by atoms with van der Waals surface area (Å²) in [5, 5.41) is 12.3. The van der Waals surface area contributed by atoms with Crippen LogP contribution in [0.5, 0.6) is 0 Å². The molecule has 1 aliphatic rings. The van der Waals surface area contributed by atoms with E-state index in [1.165, 1.54) is 32.8 Å². The average molecular weight is 671 g/mol. The van der Waals surface area contributed by atoms with Gasteiger partial charge in [-0.25, -0.2) is 0 Å². The summed E-state index contributed by atoms with van der Waals surface area (Å²) in [6.45, 7) is 18.1. The molecule has 3 aromatic carbocycles. The van der Waals surface area contributed by atoms with E-state index in [1.54, 1.807) is 0 Å². The first-order valence-electron chi connectivity index (χ1n) is 13.3. The molecule has 3 nitrogen and oxygen atoms in total. The van der Waals surface area contributed by atoms with Crippen molar-refractivity contribution >= 4 is 21.7 Å². The van der Waals surface area contributed by atoms with Crippen LogP contribution >= 0.6 is 0 Å². The maximum atomic E-state index is 5.17. The molecule has 0 unspecified atom stereocenters. The van der Waals surface area contributed by atoms with Crippen LogP contribution in [0, 0.1) is 12.0 Å². The van der Waals surface area contributed by atoms with Gasteiger partial charge >= 0.3 is 20.1 Å². The minimum atomic E-state index is -0.0802. The second-order valence-corrected chi connectivity index (χ2v) is 11.4. The zero-order valence-electron chi connectivity index (χ0n) is 23.5. The van der Waals surface area contributed by atoms with Gasteiger partial charge in [-0.15, -0.1) is 41.2 Å². The first-order valence-corrected chi connectivity index (χ1v) is 13.3. The number of hydrogen-bond donors (Lipinski definition) is 0. The quantitative estimate of drug-likeness (QED) is 0.189. The molecule has 0 spiro atoms. The monoisotopic (exact) mass is 671 g/mol. The SMILES string of the molecule is CC(C)Cc1cccc2nc3c(cc12)C(C)(C)c1cccc2cc[c-]c-3c12.CC(C)[N-]C[N-]C(C)C.[Ir+3]. The van der Waals surface area contributed by atoms with Gasteiger partial charge in [-0.05, 0) is 29.7 Å². The summed E-state index contributed by atoms with van der Waals surface area (Å²) >= 11 is 0. The van der Waals surface area contributed by atoms with Crippen LogP contribution in [0.3, 0.4) is 0 Å². The summed E-state index contributed by atoms with van der Waals surface area (Å²) in [6, 6.07) is 24.1. The maximum Gasteiger partial charge on any atom is 3.00 e. The molecule has 4 heteroatoms. The molecule has 0 saturated heterocycles. The summed E-state index contributed by atoms with van der Waals surface area (Å²) in [7, 11) is 0. The van der Waals surface area contributed by atoms with E-state index in [9.17, 15) is 0 Å². The molecule has 1 heterocycles. The van der Waals surface area contributed by atoms with E-state index < -0.39 is 0 Å². The van der Waals surface area contributed by atoms with Gasteiger partial charge in [0.1, 0.15) is 0 Å². The standard InChI is InChI=1S/C26H24N.C7H16N2.Ir/c1-16(2)14-18-10-7-13-23-20(18)15-22-25(27-23)19-11-5-8-17-9-6-12-21(24(17)19)26(22,3)4;1-6(2)8-5-9-7(3)4;/h5-10,12-13,15-16H,14H2,1-4H3;6-7H,5H2,1-4H3;/q-1;-2;+3. The Bertz CT molecular complexity index is 1340. The Labute approximate surface area is 237 Å². The Hall–Kier alpha value is -2.10. The Morgan fingerprint density at radius 1 is 0.865 bits per heavy atom. The molecule has 0 amide bonds. The maximum absolute atomic E-state index is 5.17. The Kier molecular flexibility index (Phi) is 9.69. The van der Waals surface area contributed by atoms with Crippen molar-refractivity contribution in [2.75, 3.05) is 6.67 Å². The third-order valence-corrected chi connectivity index (χ3v) is 6.89. The topological polar surface area (TPSA) is 41.1 Å². The van der Waals surface area contributed by atoms with Crippen LogP contribution in [0.4, 0.5) is 0 Å². The van der Waals surface area contributed by atoms with Crippen molar-refractivity contribution in [3.63, 3.8) is 0 Å². The summed E-state index contributed by atoms with van der Waals surface area (Å²) in [5.41, 5.74) is 7.34. The van der Waals surface area contributed by atoms with Gasteiger partial charge in [-0.1, -0.05) is 108 Å². The molecule has 0 N–H and O–H groups in total. The molecule has 0 saturated carbocycles. The molecule has 5 rings (SSSR count). The van der Waals surface area contributed by atoms with E-state index in [1.807, 2.05) is 6.07 Å². The van der Waals surface area contributed by atoms with Gasteiger partial charge in [0.25, 0.3) is 0 Å². The molecule has 0 bridgehead atoms. The predicted octanol–water partition coefficient (Wildman–Crippen LogP) is 9.20. The molecule has 196 valence electrons. The van der Waals surface area contributed by atoms with E-state index in [2.05, 4.69) is 121 Å². The van der Waals surface area contributed by atoms with E-state index in [0.29, 0.717) is 24.7 Å². The number of hydrogen-bond acceptors (Lipinski definition) is 1. The van der Waals surface area contributed by atoms with Crippen molar-refractivity contribution in [2.45, 2.75) is 79.3 Å². The van der Waals surface area contributed by atoms with Crippen LogP contribution in [0.1, 0.15) is 72.1 Å². The number of fused-ring (bicyclic) bond motifs is 3. The predicted molar refractivity (Wildman–Crippen MR) is 156 cm³/mol. The van der Waals surface area contributed by atoms with Crippen molar-refractivity contribution in [1.29, 1.82) is 0 Å². The number of pyridine rings is 1. The molecule has 1 aliphatic carbocycles. The van der Waals surface area contributed by atoms with Crippen LogP contribution in [0.25, 0.3) is 43.6 Å². The average Bonchev–Trinajstić information content (AvgIpc) is 2.81. The third kappa shape index (κ3) is 6.32. The van der Waals surface area contributed by atoms with Gasteiger partial charge in [0.05, 0.1) is 5.52 Å². The van der Waals surface area contributed by atoms with Gasteiger partial charge < -0.3 is 10.6 Å². The zero-order chi connectivity index (χ0) is 26.0. The second-order valence-electron chi connectivity index (χ2n) is 11.4. The summed E-state index contributed by atoms with van der Waals surface area (Å²) in [5.74, 6) is 0.627. The van der Waals surface area contributed by atoms with Crippen molar-refractivity contribution in [3.05, 3.63) is 88.0 Å². The summed E-state index contributed by atoms with van der Waals surface area (Å²) in [4.78, 5) is 5.17. The van der Waals surface area contributed by atoms with Gasteiger partial charge in [0.2, 0.25) is 0 Å². The number of aromatic nitrogens is 1. The molecule has 37 heavy (non-hydrogen) atoms. The van der Waals surface area contributed by atoms with Crippen molar-refractivity contribution in [2.24, 2.45) is 5.92 Å². The zero-order valence-corrected chi connectivity index (χ0v) is 25.9. The fraction of sp³-hybridized carbons (Fsp3) is 0.424. The van der Waals surface area contributed by atoms with E-state index >= 15 is 0 Å². The Morgan fingerprint density at radius 2 is 1.54 bits per heavy atom. The Balaban J connectivity index is 0.000000330. The fourth-order valence-electron chi connectivity index (χ4n) is 5.04. The smallest absolute Gasteiger partial charge is 0.678 e.